The van der Waals surface area contributed by atoms with Gasteiger partial charge in [-0.15, -0.1) is 11.3 Å². The molecule has 0 atom stereocenters. The van der Waals surface area contributed by atoms with Gasteiger partial charge in [0.15, 0.2) is 4.47 Å². The molecule has 0 unspecified atom stereocenters. The van der Waals surface area contributed by atoms with Gasteiger partial charge in [-0.2, -0.15) is 0 Å². The quantitative estimate of drug-likeness (QED) is 0.710. The molecule has 2 rings (SSSR count). The predicted octanol–water partition coefficient (Wildman–Crippen LogP) is 4.08. The van der Waals surface area contributed by atoms with Crippen LogP contribution >= 0.6 is 22.9 Å². The Morgan fingerprint density at radius 2 is 2.07 bits per heavy atom. The number of hydrogen-bond acceptors (Lipinski definition) is 2. The maximum Gasteiger partial charge on any atom is 0.184 e. The first-order valence-electron chi connectivity index (χ1n) is 4.36. The molecule has 0 spiro atoms. The molecule has 0 aliphatic rings. The summed E-state index contributed by atoms with van der Waals surface area (Å²) in [5.74, 6) is 0. The number of benzene rings is 1. The lowest BCUT2D eigenvalue weighted by molar-refractivity contribution is 1.38. The standard InChI is InChI=1S/C11H10ClNS/c1-7-3-4-9(8(2)5-7)10-6-13-11(12)14-10/h3-6H,1-2H3. The third kappa shape index (κ3) is 1.81. The van der Waals surface area contributed by atoms with Crippen LogP contribution in [0.15, 0.2) is 24.4 Å². The van der Waals surface area contributed by atoms with Crippen molar-refractivity contribution < 1.29 is 0 Å². The summed E-state index contributed by atoms with van der Waals surface area (Å²) in [6.45, 7) is 4.20. The highest BCUT2D eigenvalue weighted by Crippen LogP contribution is 2.31. The number of hydrogen-bond donors (Lipinski definition) is 0. The summed E-state index contributed by atoms with van der Waals surface area (Å²) in [4.78, 5) is 5.17. The Hall–Kier alpha value is -0.860. The summed E-state index contributed by atoms with van der Waals surface area (Å²) >= 11 is 7.32. The van der Waals surface area contributed by atoms with Gasteiger partial charge in [0.25, 0.3) is 0 Å². The largest absolute Gasteiger partial charge is 0.233 e. The maximum absolute atomic E-state index is 5.80. The van der Waals surface area contributed by atoms with Crippen molar-refractivity contribution >= 4 is 22.9 Å². The Kier molecular flexibility index (Phi) is 2.57. The third-order valence-electron chi connectivity index (χ3n) is 2.12. The molecule has 1 nitrogen and oxygen atoms in total. The number of rotatable bonds is 1. The highest BCUT2D eigenvalue weighted by molar-refractivity contribution is 7.18. The van der Waals surface area contributed by atoms with Gasteiger partial charge in [-0.25, -0.2) is 4.98 Å². The van der Waals surface area contributed by atoms with Gasteiger partial charge in [0.2, 0.25) is 0 Å². The fourth-order valence-corrected chi connectivity index (χ4v) is 2.50. The van der Waals surface area contributed by atoms with Gasteiger partial charge in [-0.1, -0.05) is 35.4 Å². The van der Waals surface area contributed by atoms with Crippen LogP contribution in [-0.2, 0) is 0 Å². The van der Waals surface area contributed by atoms with Crippen molar-refractivity contribution in [3.8, 4) is 10.4 Å². The van der Waals surface area contributed by atoms with Crippen molar-refractivity contribution in [1.29, 1.82) is 0 Å². The zero-order valence-electron chi connectivity index (χ0n) is 8.04. The van der Waals surface area contributed by atoms with Crippen LogP contribution in [-0.4, -0.2) is 4.98 Å². The van der Waals surface area contributed by atoms with Crippen molar-refractivity contribution in [2.24, 2.45) is 0 Å². The highest BCUT2D eigenvalue weighted by Gasteiger charge is 2.05. The van der Waals surface area contributed by atoms with Crippen LogP contribution in [0.5, 0.6) is 0 Å². The molecule has 0 saturated heterocycles. The summed E-state index contributed by atoms with van der Waals surface area (Å²) in [5.41, 5.74) is 3.77. The van der Waals surface area contributed by atoms with Crippen LogP contribution in [0.4, 0.5) is 0 Å². The van der Waals surface area contributed by atoms with E-state index in [0.717, 1.165) is 4.88 Å². The lowest BCUT2D eigenvalue weighted by atomic mass is 10.1. The summed E-state index contributed by atoms with van der Waals surface area (Å²) in [7, 11) is 0. The first-order valence-corrected chi connectivity index (χ1v) is 5.55. The molecular formula is C11H10ClNS. The molecule has 14 heavy (non-hydrogen) atoms. The van der Waals surface area contributed by atoms with Crippen LogP contribution in [0.1, 0.15) is 11.1 Å². The molecule has 0 saturated carbocycles. The van der Waals surface area contributed by atoms with E-state index in [2.05, 4.69) is 37.0 Å². The molecule has 0 bridgehead atoms. The topological polar surface area (TPSA) is 12.9 Å². The van der Waals surface area contributed by atoms with Crippen LogP contribution in [0, 0.1) is 13.8 Å². The number of thiazole rings is 1. The second-order valence-electron chi connectivity index (χ2n) is 3.30. The molecule has 0 aliphatic carbocycles. The minimum Gasteiger partial charge on any atom is -0.233 e. The van der Waals surface area contributed by atoms with Crippen molar-refractivity contribution in [3.05, 3.63) is 40.0 Å². The fraction of sp³-hybridized carbons (Fsp3) is 0.182. The second-order valence-corrected chi connectivity index (χ2v) is 4.91. The molecule has 3 heteroatoms. The summed E-state index contributed by atoms with van der Waals surface area (Å²) in [6, 6.07) is 6.40. The number of aromatic nitrogens is 1. The molecular weight excluding hydrogens is 214 g/mol. The van der Waals surface area contributed by atoms with E-state index in [1.165, 1.54) is 28.0 Å². The van der Waals surface area contributed by atoms with E-state index in [1.807, 2.05) is 6.20 Å². The Bertz CT molecular complexity index is 462. The van der Waals surface area contributed by atoms with E-state index in [9.17, 15) is 0 Å². The van der Waals surface area contributed by atoms with Gasteiger partial charge < -0.3 is 0 Å². The second kappa shape index (κ2) is 3.71. The molecule has 0 aliphatic heterocycles. The van der Waals surface area contributed by atoms with E-state index >= 15 is 0 Å². The molecule has 1 aromatic carbocycles. The van der Waals surface area contributed by atoms with Gasteiger partial charge in [-0.3, -0.25) is 0 Å². The lowest BCUT2D eigenvalue weighted by Gasteiger charge is -2.03. The number of halogens is 1. The summed E-state index contributed by atoms with van der Waals surface area (Å²) < 4.78 is 0.597. The zero-order chi connectivity index (χ0) is 10.1. The Labute approximate surface area is 92.4 Å². The average Bonchev–Trinajstić information content (AvgIpc) is 2.51. The molecule has 72 valence electrons. The van der Waals surface area contributed by atoms with Gasteiger partial charge in [0, 0.05) is 6.20 Å². The van der Waals surface area contributed by atoms with Gasteiger partial charge in [0.1, 0.15) is 0 Å². The first kappa shape index (κ1) is 9.69. The molecule has 0 fully saturated rings. The van der Waals surface area contributed by atoms with Crippen molar-refractivity contribution in [2.45, 2.75) is 13.8 Å². The molecule has 0 N–H and O–H groups in total. The van der Waals surface area contributed by atoms with E-state index in [-0.39, 0.29) is 0 Å². The third-order valence-corrected chi connectivity index (χ3v) is 3.27. The van der Waals surface area contributed by atoms with E-state index in [4.69, 9.17) is 11.6 Å². The van der Waals surface area contributed by atoms with E-state index in [0.29, 0.717) is 4.47 Å². The van der Waals surface area contributed by atoms with E-state index in [1.54, 1.807) is 0 Å². The average molecular weight is 224 g/mol. The Morgan fingerprint density at radius 1 is 1.29 bits per heavy atom. The van der Waals surface area contributed by atoms with Gasteiger partial charge >= 0.3 is 0 Å². The SMILES string of the molecule is Cc1ccc(-c2cnc(Cl)s2)c(C)c1. The van der Waals surface area contributed by atoms with Gasteiger partial charge in [-0.05, 0) is 25.0 Å². The maximum atomic E-state index is 5.80. The summed E-state index contributed by atoms with van der Waals surface area (Å²) in [5, 5.41) is 0. The van der Waals surface area contributed by atoms with Gasteiger partial charge in [0.05, 0.1) is 4.88 Å². The molecule has 1 aromatic heterocycles. The van der Waals surface area contributed by atoms with E-state index < -0.39 is 0 Å². The van der Waals surface area contributed by atoms with Crippen LogP contribution in [0.3, 0.4) is 0 Å². The minimum atomic E-state index is 0.597. The highest BCUT2D eigenvalue weighted by atomic mass is 35.5. The van der Waals surface area contributed by atoms with Crippen LogP contribution in [0.25, 0.3) is 10.4 Å². The Morgan fingerprint density at radius 3 is 2.64 bits per heavy atom. The fourth-order valence-electron chi connectivity index (χ4n) is 1.47. The summed E-state index contributed by atoms with van der Waals surface area (Å²) in [6.07, 6.45) is 1.82. The molecule has 0 amide bonds. The molecule has 0 radical (unpaired) electrons. The molecule has 2 aromatic rings. The minimum absolute atomic E-state index is 0.597. The van der Waals surface area contributed by atoms with Crippen LogP contribution < -0.4 is 0 Å². The Balaban J connectivity index is 2.52. The lowest BCUT2D eigenvalue weighted by Crippen LogP contribution is -1.81. The van der Waals surface area contributed by atoms with Crippen molar-refractivity contribution in [1.82, 2.24) is 4.98 Å². The van der Waals surface area contributed by atoms with Crippen molar-refractivity contribution in [2.75, 3.05) is 0 Å². The number of nitrogens with zero attached hydrogens (tertiary/aromatic N) is 1. The van der Waals surface area contributed by atoms with Crippen molar-refractivity contribution in [3.63, 3.8) is 0 Å². The molecule has 1 heterocycles. The monoisotopic (exact) mass is 223 g/mol. The normalized spacial score (nSPS) is 10.5. The first-order chi connectivity index (χ1) is 6.66. The number of aryl methyl sites for hydroxylation is 2. The zero-order valence-corrected chi connectivity index (χ0v) is 9.62. The predicted molar refractivity (Wildman–Crippen MR) is 62.0 cm³/mol. The van der Waals surface area contributed by atoms with Crippen LogP contribution in [0.2, 0.25) is 4.47 Å². The smallest absolute Gasteiger partial charge is 0.184 e.